The quantitative estimate of drug-likeness (QED) is 0.200. The third-order valence-electron chi connectivity index (χ3n) is 6.61. The maximum atomic E-state index is 13.8. The molecule has 0 radical (unpaired) electrons. The molecule has 0 unspecified atom stereocenters. The monoisotopic (exact) mass is 602 g/mol. The molecule has 0 spiro atoms. The molecule has 0 aliphatic heterocycles. The van der Waals surface area contributed by atoms with Crippen LogP contribution in [-0.2, 0) is 10.0 Å². The Hall–Kier alpha value is -3.18. The van der Waals surface area contributed by atoms with Crippen LogP contribution in [0.2, 0.25) is 0 Å². The maximum absolute atomic E-state index is 13.8. The normalized spacial score (nSPS) is 11.3. The number of amides is 1. The molecule has 0 aliphatic carbocycles. The topological polar surface area (TPSA) is 83.1 Å². The van der Waals surface area contributed by atoms with Crippen LogP contribution in [0.25, 0.3) is 10.2 Å². The van der Waals surface area contributed by atoms with Gasteiger partial charge in [-0.1, -0.05) is 43.4 Å². The molecule has 214 valence electrons. The van der Waals surface area contributed by atoms with Crippen molar-refractivity contribution in [2.24, 2.45) is 0 Å². The second kappa shape index (κ2) is 13.9. The molecule has 4 rings (SSSR count). The van der Waals surface area contributed by atoms with E-state index in [4.69, 9.17) is 9.72 Å². The average Bonchev–Trinajstić information content (AvgIpc) is 3.39. The van der Waals surface area contributed by atoms with E-state index in [1.807, 2.05) is 24.3 Å². The summed E-state index contributed by atoms with van der Waals surface area (Å²) in [6.07, 6.45) is 0. The Labute approximate surface area is 246 Å². The number of methoxy groups -OCH3 is 1. The Kier molecular flexibility index (Phi) is 10.9. The highest BCUT2D eigenvalue weighted by Crippen LogP contribution is 2.32. The first-order chi connectivity index (χ1) is 18.8. The van der Waals surface area contributed by atoms with E-state index in [-0.39, 0.29) is 29.8 Å². The number of fused-ring (bicyclic) bond motifs is 1. The summed E-state index contributed by atoms with van der Waals surface area (Å²) in [5.41, 5.74) is 1.75. The maximum Gasteiger partial charge on any atom is 0.264 e. The van der Waals surface area contributed by atoms with Gasteiger partial charge in [-0.3, -0.25) is 14.0 Å². The molecular formula is C29H35ClN4O4S2. The van der Waals surface area contributed by atoms with E-state index in [0.29, 0.717) is 35.2 Å². The van der Waals surface area contributed by atoms with Crippen LogP contribution in [0.4, 0.5) is 10.8 Å². The van der Waals surface area contributed by atoms with Gasteiger partial charge in [0.2, 0.25) is 0 Å². The van der Waals surface area contributed by atoms with Crippen LogP contribution < -0.4 is 13.9 Å². The number of carbonyl (C=O) groups is 1. The minimum Gasteiger partial charge on any atom is -0.497 e. The van der Waals surface area contributed by atoms with E-state index in [1.54, 1.807) is 55.3 Å². The van der Waals surface area contributed by atoms with Crippen LogP contribution >= 0.6 is 23.7 Å². The Morgan fingerprint density at radius 1 is 0.900 bits per heavy atom. The van der Waals surface area contributed by atoms with Gasteiger partial charge in [-0.2, -0.15) is 0 Å². The van der Waals surface area contributed by atoms with Gasteiger partial charge in [0.25, 0.3) is 15.9 Å². The molecule has 1 aromatic heterocycles. The molecule has 0 atom stereocenters. The Bertz CT molecular complexity index is 1510. The van der Waals surface area contributed by atoms with Crippen molar-refractivity contribution in [2.75, 3.05) is 49.0 Å². The largest absolute Gasteiger partial charge is 0.497 e. The number of likely N-dealkylation sites (N-methyl/N-ethyl adjacent to an activating group) is 1. The van der Waals surface area contributed by atoms with Gasteiger partial charge in [-0.15, -0.1) is 12.4 Å². The van der Waals surface area contributed by atoms with Gasteiger partial charge in [0.1, 0.15) is 5.75 Å². The van der Waals surface area contributed by atoms with Crippen molar-refractivity contribution >= 4 is 60.7 Å². The number of carbonyl (C=O) groups excluding carboxylic acids is 1. The number of aromatic nitrogens is 1. The van der Waals surface area contributed by atoms with Gasteiger partial charge >= 0.3 is 0 Å². The van der Waals surface area contributed by atoms with E-state index in [1.165, 1.54) is 27.8 Å². The summed E-state index contributed by atoms with van der Waals surface area (Å²) in [5, 5.41) is 0.591. The Balaban J connectivity index is 0.00000441. The molecule has 0 saturated carbocycles. The number of thiazole rings is 1. The van der Waals surface area contributed by atoms with Crippen LogP contribution in [0.5, 0.6) is 5.75 Å². The van der Waals surface area contributed by atoms with Crippen molar-refractivity contribution in [3.8, 4) is 5.75 Å². The predicted molar refractivity (Wildman–Crippen MR) is 166 cm³/mol. The molecule has 3 aromatic carbocycles. The lowest BCUT2D eigenvalue weighted by Crippen LogP contribution is -2.39. The molecule has 0 fully saturated rings. The number of rotatable bonds is 12. The van der Waals surface area contributed by atoms with Crippen LogP contribution in [0.1, 0.15) is 31.1 Å². The SMILES string of the molecule is CCN(CC)CCN(C(=O)c1ccc(S(=O)(=O)N(CC)c2ccccc2)cc1)c1nc2cc(OC)ccc2s1.Cl. The third kappa shape index (κ3) is 6.75. The molecule has 11 heteroatoms. The number of hydrogen-bond acceptors (Lipinski definition) is 7. The van der Waals surface area contributed by atoms with Crippen LogP contribution in [0, 0.1) is 0 Å². The van der Waals surface area contributed by atoms with E-state index in [0.717, 1.165) is 23.3 Å². The first kappa shape index (κ1) is 31.3. The average molecular weight is 603 g/mol. The fraction of sp³-hybridized carbons (Fsp3) is 0.310. The van der Waals surface area contributed by atoms with Crippen molar-refractivity contribution in [3.63, 3.8) is 0 Å². The highest BCUT2D eigenvalue weighted by Gasteiger charge is 2.26. The molecule has 0 aliphatic rings. The number of nitrogens with zero attached hydrogens (tertiary/aromatic N) is 4. The van der Waals surface area contributed by atoms with Crippen LogP contribution in [0.15, 0.2) is 77.7 Å². The summed E-state index contributed by atoms with van der Waals surface area (Å²) in [7, 11) is -2.18. The second-order valence-electron chi connectivity index (χ2n) is 8.84. The van der Waals surface area contributed by atoms with Gasteiger partial charge in [-0.25, -0.2) is 13.4 Å². The van der Waals surface area contributed by atoms with Crippen molar-refractivity contribution in [1.29, 1.82) is 0 Å². The van der Waals surface area contributed by atoms with Crippen molar-refractivity contribution < 1.29 is 17.9 Å². The van der Waals surface area contributed by atoms with Gasteiger partial charge < -0.3 is 9.64 Å². The zero-order valence-electron chi connectivity index (χ0n) is 23.1. The van der Waals surface area contributed by atoms with Gasteiger partial charge in [0, 0.05) is 31.3 Å². The smallest absolute Gasteiger partial charge is 0.264 e. The summed E-state index contributed by atoms with van der Waals surface area (Å²) in [6, 6.07) is 20.8. The number of ether oxygens (including phenoxy) is 1. The van der Waals surface area contributed by atoms with Crippen LogP contribution in [0.3, 0.4) is 0 Å². The van der Waals surface area contributed by atoms with Crippen molar-refractivity contribution in [3.05, 3.63) is 78.4 Å². The molecule has 0 N–H and O–H groups in total. The summed E-state index contributed by atoms with van der Waals surface area (Å²) in [6.45, 7) is 9.15. The fourth-order valence-corrected chi connectivity index (χ4v) is 6.78. The van der Waals surface area contributed by atoms with E-state index >= 15 is 0 Å². The lowest BCUT2D eigenvalue weighted by molar-refractivity contribution is 0.0983. The van der Waals surface area contributed by atoms with Gasteiger partial charge in [0.05, 0.1) is 27.9 Å². The summed E-state index contributed by atoms with van der Waals surface area (Å²) in [4.78, 5) is 22.6. The molecular weight excluding hydrogens is 568 g/mol. The summed E-state index contributed by atoms with van der Waals surface area (Å²) < 4.78 is 34.4. The zero-order valence-corrected chi connectivity index (χ0v) is 25.6. The standard InChI is InChI=1S/C29H34N4O4S2.ClH/c1-5-31(6-2)19-20-32(29-30-26-21-24(37-4)15-18-27(26)38-29)28(34)22-13-16-25(17-14-22)39(35,36)33(7-3)23-11-9-8-10-12-23;/h8-18,21H,5-7,19-20H2,1-4H3;1H. The van der Waals surface area contributed by atoms with Crippen LogP contribution in [-0.4, -0.2) is 64.0 Å². The van der Waals surface area contributed by atoms with E-state index in [2.05, 4.69) is 18.7 Å². The fourth-order valence-electron chi connectivity index (χ4n) is 4.34. The highest BCUT2D eigenvalue weighted by molar-refractivity contribution is 7.92. The Morgan fingerprint density at radius 3 is 2.17 bits per heavy atom. The number of hydrogen-bond donors (Lipinski definition) is 0. The van der Waals surface area contributed by atoms with Gasteiger partial charge in [-0.05, 0) is 68.5 Å². The lowest BCUT2D eigenvalue weighted by Gasteiger charge is -2.25. The minimum atomic E-state index is -3.79. The third-order valence-corrected chi connectivity index (χ3v) is 9.59. The van der Waals surface area contributed by atoms with E-state index < -0.39 is 10.0 Å². The molecule has 40 heavy (non-hydrogen) atoms. The molecule has 8 nitrogen and oxygen atoms in total. The summed E-state index contributed by atoms with van der Waals surface area (Å²) in [5.74, 6) is 0.473. The minimum absolute atomic E-state index is 0. The highest BCUT2D eigenvalue weighted by atomic mass is 35.5. The number of anilines is 2. The molecule has 1 heterocycles. The summed E-state index contributed by atoms with van der Waals surface area (Å²) >= 11 is 1.44. The second-order valence-corrected chi connectivity index (χ2v) is 11.7. The number of sulfonamides is 1. The van der Waals surface area contributed by atoms with Crippen molar-refractivity contribution in [1.82, 2.24) is 9.88 Å². The van der Waals surface area contributed by atoms with Crippen molar-refractivity contribution in [2.45, 2.75) is 25.7 Å². The molecule has 1 amide bonds. The molecule has 0 saturated heterocycles. The number of halogens is 1. The lowest BCUT2D eigenvalue weighted by atomic mass is 10.2. The van der Waals surface area contributed by atoms with Gasteiger partial charge in [0.15, 0.2) is 5.13 Å². The molecule has 4 aromatic rings. The number of para-hydroxylation sites is 1. The Morgan fingerprint density at radius 2 is 1.57 bits per heavy atom. The zero-order chi connectivity index (χ0) is 28.0. The number of benzene rings is 3. The molecule has 0 bridgehead atoms. The first-order valence-electron chi connectivity index (χ1n) is 13.0. The van der Waals surface area contributed by atoms with E-state index in [9.17, 15) is 13.2 Å². The predicted octanol–water partition coefficient (Wildman–Crippen LogP) is 5.93. The first-order valence-corrected chi connectivity index (χ1v) is 15.2.